The Morgan fingerprint density at radius 2 is 1.94 bits per heavy atom. The molecule has 0 unspecified atom stereocenters. The predicted molar refractivity (Wildman–Crippen MR) is 121 cm³/mol. The summed E-state index contributed by atoms with van der Waals surface area (Å²) in [5.74, 6) is 0.959. The van der Waals surface area contributed by atoms with Crippen LogP contribution >= 0.6 is 0 Å². The molecular weight excluding hydrogens is 390 g/mol. The molecule has 1 fully saturated rings. The molecule has 0 spiro atoms. The van der Waals surface area contributed by atoms with Crippen LogP contribution in [0.1, 0.15) is 22.3 Å². The monoisotopic (exact) mass is 415 g/mol. The van der Waals surface area contributed by atoms with Crippen molar-refractivity contribution < 1.29 is 4.79 Å². The van der Waals surface area contributed by atoms with Crippen LogP contribution in [0, 0.1) is 0 Å². The molecular formula is C23H25N7O. The Hall–Kier alpha value is -3.36. The van der Waals surface area contributed by atoms with Crippen LogP contribution < -0.4 is 5.73 Å². The molecule has 0 amide bonds. The number of pyridine rings is 1. The molecule has 5 rings (SSSR count). The van der Waals surface area contributed by atoms with E-state index < -0.39 is 0 Å². The van der Waals surface area contributed by atoms with Gasteiger partial charge in [-0.1, -0.05) is 18.2 Å². The zero-order chi connectivity index (χ0) is 21.4. The molecule has 0 radical (unpaired) electrons. The minimum atomic E-state index is 0.0330. The number of piperazine rings is 1. The zero-order valence-electron chi connectivity index (χ0n) is 17.5. The number of aliphatic imine (C=N–C) groups is 1. The van der Waals surface area contributed by atoms with Crippen LogP contribution in [0.15, 0.2) is 47.7 Å². The number of fused-ring (bicyclic) bond motifs is 1. The zero-order valence-corrected chi connectivity index (χ0v) is 17.5. The number of nitrogen functional groups attached to an aromatic ring is 1. The molecule has 0 saturated carbocycles. The van der Waals surface area contributed by atoms with Gasteiger partial charge in [0.05, 0.1) is 0 Å². The van der Waals surface area contributed by atoms with Gasteiger partial charge in [-0.3, -0.25) is 14.7 Å². The minimum Gasteiger partial charge on any atom is -0.382 e. The van der Waals surface area contributed by atoms with E-state index in [1.807, 2.05) is 12.3 Å². The third-order valence-corrected chi connectivity index (χ3v) is 5.90. The number of Topliss-reactive ketones (excluding diaryl/α,β-unsaturated/α-hetero) is 1. The highest BCUT2D eigenvalue weighted by molar-refractivity contribution is 6.10. The Kier molecular flexibility index (Phi) is 5.09. The van der Waals surface area contributed by atoms with Gasteiger partial charge >= 0.3 is 0 Å². The molecule has 1 saturated heterocycles. The van der Waals surface area contributed by atoms with Gasteiger partial charge in [-0.15, -0.1) is 5.10 Å². The van der Waals surface area contributed by atoms with Gasteiger partial charge in [-0.05, 0) is 30.3 Å². The SMILES string of the molecule is CN1CCN(Cc2cccc(-c3cn(-c4nccc5c4N=CCC5=O)nc3N)c2)CC1. The van der Waals surface area contributed by atoms with Crippen LogP contribution in [0.25, 0.3) is 16.9 Å². The van der Waals surface area contributed by atoms with Crippen molar-refractivity contribution in [1.29, 1.82) is 0 Å². The van der Waals surface area contributed by atoms with Crippen LogP contribution in [-0.4, -0.2) is 69.8 Å². The second-order valence-corrected chi connectivity index (χ2v) is 8.12. The van der Waals surface area contributed by atoms with E-state index in [0.29, 0.717) is 29.3 Å². The molecule has 158 valence electrons. The molecule has 31 heavy (non-hydrogen) atoms. The number of rotatable bonds is 4. The van der Waals surface area contributed by atoms with Gasteiger partial charge in [0.1, 0.15) is 5.69 Å². The highest BCUT2D eigenvalue weighted by Crippen LogP contribution is 2.32. The van der Waals surface area contributed by atoms with Gasteiger partial charge in [0, 0.05) is 68.9 Å². The number of likely N-dealkylation sites (N-methyl/N-ethyl adjacent to an activating group) is 1. The van der Waals surface area contributed by atoms with Gasteiger partial charge in [0.25, 0.3) is 0 Å². The molecule has 4 heterocycles. The molecule has 2 aliphatic rings. The maximum Gasteiger partial charge on any atom is 0.180 e. The molecule has 1 aromatic carbocycles. The number of benzene rings is 1. The Labute approximate surface area is 181 Å². The molecule has 0 aliphatic carbocycles. The van der Waals surface area contributed by atoms with E-state index in [0.717, 1.165) is 43.9 Å². The summed E-state index contributed by atoms with van der Waals surface area (Å²) in [6, 6.07) is 10.1. The van der Waals surface area contributed by atoms with Crippen molar-refractivity contribution in [2.24, 2.45) is 4.99 Å². The van der Waals surface area contributed by atoms with Crippen LogP contribution in [0.2, 0.25) is 0 Å². The number of hydrogen-bond donors (Lipinski definition) is 1. The first-order valence-electron chi connectivity index (χ1n) is 10.5. The second kappa shape index (κ2) is 8.05. The van der Waals surface area contributed by atoms with E-state index in [2.05, 4.69) is 50.1 Å². The molecule has 8 heteroatoms. The molecule has 0 bridgehead atoms. The van der Waals surface area contributed by atoms with Crippen LogP contribution in [0.3, 0.4) is 0 Å². The second-order valence-electron chi connectivity index (χ2n) is 8.12. The van der Waals surface area contributed by atoms with E-state index >= 15 is 0 Å². The summed E-state index contributed by atoms with van der Waals surface area (Å²) < 4.78 is 1.62. The number of aromatic nitrogens is 3. The fourth-order valence-electron chi connectivity index (χ4n) is 4.11. The summed E-state index contributed by atoms with van der Waals surface area (Å²) in [6.07, 6.45) is 5.40. The van der Waals surface area contributed by atoms with Crippen molar-refractivity contribution in [3.05, 3.63) is 53.9 Å². The first kappa shape index (κ1) is 19.6. The van der Waals surface area contributed by atoms with E-state index in [9.17, 15) is 4.79 Å². The lowest BCUT2D eigenvalue weighted by atomic mass is 10.0. The highest BCUT2D eigenvalue weighted by atomic mass is 16.1. The molecule has 2 N–H and O–H groups in total. The largest absolute Gasteiger partial charge is 0.382 e. The average Bonchev–Trinajstić information content (AvgIpc) is 3.17. The molecule has 0 atom stereocenters. The summed E-state index contributed by atoms with van der Waals surface area (Å²) >= 11 is 0. The van der Waals surface area contributed by atoms with Crippen LogP contribution in [0.5, 0.6) is 0 Å². The first-order valence-corrected chi connectivity index (χ1v) is 10.5. The average molecular weight is 416 g/mol. The Morgan fingerprint density at radius 3 is 2.77 bits per heavy atom. The molecule has 8 nitrogen and oxygen atoms in total. The number of anilines is 1. The van der Waals surface area contributed by atoms with E-state index in [1.165, 1.54) is 5.56 Å². The van der Waals surface area contributed by atoms with Crippen molar-refractivity contribution in [2.75, 3.05) is 39.0 Å². The first-order chi connectivity index (χ1) is 15.1. The third-order valence-electron chi connectivity index (χ3n) is 5.90. The molecule has 3 aromatic rings. The summed E-state index contributed by atoms with van der Waals surface area (Å²) in [5, 5.41) is 4.47. The maximum atomic E-state index is 12.2. The van der Waals surface area contributed by atoms with Crippen molar-refractivity contribution in [3.8, 4) is 16.9 Å². The van der Waals surface area contributed by atoms with Crippen molar-refractivity contribution >= 4 is 23.5 Å². The van der Waals surface area contributed by atoms with Gasteiger partial charge < -0.3 is 10.6 Å². The maximum absolute atomic E-state index is 12.2. The Morgan fingerprint density at radius 1 is 1.10 bits per heavy atom. The fourth-order valence-corrected chi connectivity index (χ4v) is 4.11. The Bertz CT molecular complexity index is 1160. The van der Waals surface area contributed by atoms with E-state index in [4.69, 9.17) is 5.73 Å². The van der Waals surface area contributed by atoms with Crippen LogP contribution in [-0.2, 0) is 6.54 Å². The number of hydrogen-bond acceptors (Lipinski definition) is 7. The summed E-state index contributed by atoms with van der Waals surface area (Å²) in [6.45, 7) is 5.26. The van der Waals surface area contributed by atoms with Gasteiger partial charge in [0.15, 0.2) is 17.4 Å². The van der Waals surface area contributed by atoms with Crippen molar-refractivity contribution in [3.63, 3.8) is 0 Å². The summed E-state index contributed by atoms with van der Waals surface area (Å²) in [4.78, 5) is 25.8. The number of carbonyl (C=O) groups excluding carboxylic acids is 1. The highest BCUT2D eigenvalue weighted by Gasteiger charge is 2.21. The van der Waals surface area contributed by atoms with Crippen molar-refractivity contribution in [2.45, 2.75) is 13.0 Å². The molecule has 2 aliphatic heterocycles. The smallest absolute Gasteiger partial charge is 0.180 e. The Balaban J connectivity index is 1.44. The van der Waals surface area contributed by atoms with E-state index in [1.54, 1.807) is 23.2 Å². The minimum absolute atomic E-state index is 0.0330. The van der Waals surface area contributed by atoms with Crippen molar-refractivity contribution in [1.82, 2.24) is 24.6 Å². The lowest BCUT2D eigenvalue weighted by Crippen LogP contribution is -2.43. The van der Waals surface area contributed by atoms with Gasteiger partial charge in [-0.2, -0.15) is 0 Å². The van der Waals surface area contributed by atoms with E-state index in [-0.39, 0.29) is 5.78 Å². The standard InChI is InChI=1S/C23H25N7O/c1-28-9-11-29(12-10-28)14-16-3-2-4-17(13-16)19-15-30(27-22(19)24)23-21-18(5-7-26-23)20(31)6-8-25-21/h2-5,7-8,13,15H,6,9-12,14H2,1H3,(H2,24,27). The number of nitrogens with two attached hydrogens (primary N) is 1. The topological polar surface area (TPSA) is 92.6 Å². The fraction of sp³-hybridized carbons (Fsp3) is 0.304. The summed E-state index contributed by atoms with van der Waals surface area (Å²) in [7, 11) is 2.17. The molecule has 2 aromatic heterocycles. The number of nitrogens with zero attached hydrogens (tertiary/aromatic N) is 6. The quantitative estimate of drug-likeness (QED) is 0.704. The van der Waals surface area contributed by atoms with Crippen LogP contribution in [0.4, 0.5) is 11.5 Å². The van der Waals surface area contributed by atoms with Gasteiger partial charge in [0.2, 0.25) is 0 Å². The number of ketones is 1. The lowest BCUT2D eigenvalue weighted by Gasteiger charge is -2.32. The summed E-state index contributed by atoms with van der Waals surface area (Å²) in [5.41, 5.74) is 10.5. The predicted octanol–water partition coefficient (Wildman–Crippen LogP) is 2.55. The normalized spacial score (nSPS) is 17.1. The lowest BCUT2D eigenvalue weighted by molar-refractivity contribution is 0.100. The third kappa shape index (κ3) is 3.87. The van der Waals surface area contributed by atoms with Gasteiger partial charge in [-0.25, -0.2) is 9.67 Å². The number of carbonyl (C=O) groups is 1.